The minimum Gasteiger partial charge on any atom is -0.396 e. The average Bonchev–Trinajstić information content (AvgIpc) is 3.22. The number of hydrogen-bond donors (Lipinski definition) is 2. The first-order valence-electron chi connectivity index (χ1n) is 13.1. The van der Waals surface area contributed by atoms with Crippen molar-refractivity contribution < 1.29 is 10.2 Å². The summed E-state index contributed by atoms with van der Waals surface area (Å²) < 4.78 is 0. The van der Waals surface area contributed by atoms with E-state index in [4.69, 9.17) is 0 Å². The highest BCUT2D eigenvalue weighted by molar-refractivity contribution is 5.27. The summed E-state index contributed by atoms with van der Waals surface area (Å²) in [7, 11) is 0. The molecule has 11 atom stereocenters. The maximum absolute atomic E-state index is 11.0. The van der Waals surface area contributed by atoms with E-state index in [9.17, 15) is 10.2 Å². The van der Waals surface area contributed by atoms with Gasteiger partial charge in [-0.15, -0.1) is 0 Å². The van der Waals surface area contributed by atoms with Gasteiger partial charge in [0.15, 0.2) is 0 Å². The molecule has 30 heavy (non-hydrogen) atoms. The lowest BCUT2D eigenvalue weighted by atomic mass is 9.46. The third-order valence-electron chi connectivity index (χ3n) is 11.7. The van der Waals surface area contributed by atoms with Gasteiger partial charge in [0.1, 0.15) is 0 Å². The van der Waals surface area contributed by atoms with E-state index in [1.165, 1.54) is 45.1 Å². The van der Waals surface area contributed by atoms with E-state index in [0.29, 0.717) is 23.9 Å². The number of nitrogens with zero attached hydrogens (tertiary/aromatic N) is 1. The van der Waals surface area contributed by atoms with Crippen LogP contribution in [-0.2, 0) is 0 Å². The fraction of sp³-hybridized carbons (Fsp3) is 0.926. The van der Waals surface area contributed by atoms with Crippen LogP contribution in [0.4, 0.5) is 0 Å². The Morgan fingerprint density at radius 2 is 1.90 bits per heavy atom. The Morgan fingerprint density at radius 3 is 2.70 bits per heavy atom. The van der Waals surface area contributed by atoms with Gasteiger partial charge in [-0.25, -0.2) is 0 Å². The number of fused-ring (bicyclic) bond motifs is 9. The fourth-order valence-electron chi connectivity index (χ4n) is 10.4. The van der Waals surface area contributed by atoms with Gasteiger partial charge >= 0.3 is 0 Å². The van der Waals surface area contributed by atoms with Gasteiger partial charge in [-0.1, -0.05) is 32.4 Å². The second kappa shape index (κ2) is 6.81. The predicted octanol–water partition coefficient (Wildman–Crippen LogP) is 4.63. The average molecular weight is 414 g/mol. The highest BCUT2D eigenvalue weighted by Crippen LogP contribution is 2.69. The van der Waals surface area contributed by atoms with E-state index in [-0.39, 0.29) is 11.5 Å². The summed E-state index contributed by atoms with van der Waals surface area (Å²) in [5.41, 5.74) is 2.03. The molecule has 168 valence electrons. The van der Waals surface area contributed by atoms with E-state index in [0.717, 1.165) is 55.0 Å². The molecule has 0 aromatic heterocycles. The van der Waals surface area contributed by atoms with E-state index in [2.05, 4.69) is 31.7 Å². The van der Waals surface area contributed by atoms with Crippen molar-refractivity contribution >= 4 is 0 Å². The van der Waals surface area contributed by atoms with Crippen molar-refractivity contribution in [2.24, 2.45) is 46.3 Å². The van der Waals surface area contributed by atoms with Crippen LogP contribution in [0.15, 0.2) is 11.6 Å². The van der Waals surface area contributed by atoms with Crippen molar-refractivity contribution in [3.8, 4) is 0 Å². The Labute approximate surface area is 183 Å². The van der Waals surface area contributed by atoms with Crippen molar-refractivity contribution in [3.05, 3.63) is 11.6 Å². The second-order valence-electron chi connectivity index (χ2n) is 12.7. The van der Waals surface area contributed by atoms with Gasteiger partial charge < -0.3 is 10.2 Å². The molecule has 2 N–H and O–H groups in total. The normalized spacial score (nSPS) is 57.6. The molecule has 6 rings (SSSR count). The molecule has 0 aromatic rings. The number of allylic oxidation sites excluding steroid dienone is 1. The number of hydrogen-bond acceptors (Lipinski definition) is 3. The Balaban J connectivity index is 1.35. The van der Waals surface area contributed by atoms with Crippen molar-refractivity contribution in [2.45, 2.75) is 96.7 Å². The van der Waals surface area contributed by atoms with Crippen molar-refractivity contribution in [1.29, 1.82) is 0 Å². The SMILES string of the molecule is CC1CCC2C(C)C3C(CC4C5CC=C6CC(O)CCC6(C)C5CCC43CO)N2C1. The third-order valence-corrected chi connectivity index (χ3v) is 11.7. The van der Waals surface area contributed by atoms with Gasteiger partial charge in [0.05, 0.1) is 6.10 Å². The lowest BCUT2D eigenvalue weighted by Gasteiger charge is -2.58. The molecule has 4 aliphatic carbocycles. The van der Waals surface area contributed by atoms with E-state index in [1.54, 1.807) is 5.57 Å². The van der Waals surface area contributed by atoms with Crippen LogP contribution in [-0.4, -0.2) is 46.5 Å². The number of rotatable bonds is 1. The summed E-state index contributed by atoms with van der Waals surface area (Å²) in [4.78, 5) is 2.93. The van der Waals surface area contributed by atoms with Crippen LogP contribution in [0.5, 0.6) is 0 Å². The van der Waals surface area contributed by atoms with Gasteiger partial charge in [-0.05, 0) is 98.7 Å². The van der Waals surface area contributed by atoms with Gasteiger partial charge in [0.2, 0.25) is 0 Å². The quantitative estimate of drug-likeness (QED) is 0.616. The molecule has 6 aliphatic rings. The Morgan fingerprint density at radius 1 is 1.07 bits per heavy atom. The Kier molecular flexibility index (Phi) is 4.60. The molecule has 2 aliphatic heterocycles. The Hall–Kier alpha value is -0.380. The molecule has 3 saturated carbocycles. The minimum atomic E-state index is -0.120. The molecule has 2 heterocycles. The summed E-state index contributed by atoms with van der Waals surface area (Å²) in [6.45, 7) is 9.20. The van der Waals surface area contributed by atoms with Crippen LogP contribution in [0.3, 0.4) is 0 Å². The smallest absolute Gasteiger partial charge is 0.0577 e. The first-order valence-corrected chi connectivity index (χ1v) is 13.1. The second-order valence-corrected chi connectivity index (χ2v) is 12.7. The molecular weight excluding hydrogens is 370 g/mol. The highest BCUT2D eigenvalue weighted by atomic mass is 16.3. The highest BCUT2D eigenvalue weighted by Gasteiger charge is 2.67. The van der Waals surface area contributed by atoms with Gasteiger partial charge in [0.25, 0.3) is 0 Å². The molecule has 3 heteroatoms. The molecule has 0 amide bonds. The molecule has 0 bridgehead atoms. The lowest BCUT2D eigenvalue weighted by molar-refractivity contribution is -0.0890. The summed E-state index contributed by atoms with van der Waals surface area (Å²) in [6.07, 6.45) is 13.3. The van der Waals surface area contributed by atoms with Crippen molar-refractivity contribution in [2.75, 3.05) is 13.2 Å². The topological polar surface area (TPSA) is 43.7 Å². The molecule has 0 aromatic carbocycles. The zero-order chi connectivity index (χ0) is 20.8. The van der Waals surface area contributed by atoms with Gasteiger partial charge in [-0.3, -0.25) is 4.90 Å². The molecule has 5 fully saturated rings. The van der Waals surface area contributed by atoms with Crippen LogP contribution in [0.1, 0.15) is 78.6 Å². The van der Waals surface area contributed by atoms with E-state index < -0.39 is 0 Å². The van der Waals surface area contributed by atoms with Gasteiger partial charge in [0, 0.05) is 30.7 Å². The number of aliphatic hydroxyl groups is 2. The predicted molar refractivity (Wildman–Crippen MR) is 120 cm³/mol. The number of aliphatic hydroxyl groups excluding tert-OH is 2. The first kappa shape index (κ1) is 20.2. The number of piperidine rings is 1. The lowest BCUT2D eigenvalue weighted by Crippen LogP contribution is -2.53. The minimum absolute atomic E-state index is 0.120. The molecule has 3 nitrogen and oxygen atoms in total. The third kappa shape index (κ3) is 2.49. The zero-order valence-corrected chi connectivity index (χ0v) is 19.4. The van der Waals surface area contributed by atoms with Crippen molar-refractivity contribution in [1.82, 2.24) is 4.90 Å². The van der Waals surface area contributed by atoms with Crippen LogP contribution in [0.2, 0.25) is 0 Å². The fourth-order valence-corrected chi connectivity index (χ4v) is 10.4. The Bertz CT molecular complexity index is 734. The molecule has 0 spiro atoms. The summed E-state index contributed by atoms with van der Waals surface area (Å²) in [5, 5.41) is 21.2. The first-order chi connectivity index (χ1) is 14.4. The zero-order valence-electron chi connectivity index (χ0n) is 19.4. The molecule has 2 saturated heterocycles. The van der Waals surface area contributed by atoms with Crippen LogP contribution in [0, 0.1) is 46.3 Å². The maximum atomic E-state index is 11.0. The maximum Gasteiger partial charge on any atom is 0.0577 e. The summed E-state index contributed by atoms with van der Waals surface area (Å²) in [5.74, 6) is 4.48. The largest absolute Gasteiger partial charge is 0.396 e. The van der Waals surface area contributed by atoms with Gasteiger partial charge in [-0.2, -0.15) is 0 Å². The van der Waals surface area contributed by atoms with Crippen LogP contribution in [0.25, 0.3) is 0 Å². The molecular formula is C27H43NO2. The summed E-state index contributed by atoms with van der Waals surface area (Å²) in [6, 6.07) is 1.49. The van der Waals surface area contributed by atoms with E-state index in [1.807, 2.05) is 0 Å². The van der Waals surface area contributed by atoms with Crippen LogP contribution < -0.4 is 0 Å². The van der Waals surface area contributed by atoms with Crippen molar-refractivity contribution in [3.63, 3.8) is 0 Å². The summed E-state index contributed by atoms with van der Waals surface area (Å²) >= 11 is 0. The van der Waals surface area contributed by atoms with E-state index >= 15 is 0 Å². The molecule has 0 radical (unpaired) electrons. The van der Waals surface area contributed by atoms with Crippen LogP contribution >= 0.6 is 0 Å². The standard InChI is InChI=1S/C27H43NO2/c1-16-4-7-23-17(2)25-24(28(23)14-16)13-22-20-6-5-18-12-19(30)8-10-26(18,3)21(20)9-11-27(22,25)15-29/h5,16-17,19-25,29-30H,4,6-15H2,1-3H3. The monoisotopic (exact) mass is 413 g/mol. The molecule has 11 unspecified atom stereocenters.